The monoisotopic (exact) mass is 1050 g/mol. The number of aryl methyl sites for hydroxylation is 2. The van der Waals surface area contributed by atoms with E-state index in [2.05, 4.69) is 26.3 Å². The van der Waals surface area contributed by atoms with Crippen LogP contribution >= 0.6 is 0 Å². The van der Waals surface area contributed by atoms with Crippen LogP contribution in [0.3, 0.4) is 0 Å². The number of carbonyl (C=O) groups is 1. The van der Waals surface area contributed by atoms with E-state index >= 15 is 0 Å². The molecular weight excluding hydrogens is 965 g/mol. The lowest BCUT2D eigenvalue weighted by atomic mass is 9.77. The summed E-state index contributed by atoms with van der Waals surface area (Å²) < 4.78 is 46.2. The molecule has 422 valence electrons. The molecule has 3 aliphatic heterocycles. The van der Waals surface area contributed by atoms with Crippen LogP contribution in [0.15, 0.2) is 48.8 Å². The fourth-order valence-electron chi connectivity index (χ4n) is 11.5. The van der Waals surface area contributed by atoms with E-state index in [0.717, 1.165) is 34.7 Å². The number of aliphatic hydroxyl groups excluding tert-OH is 3. The van der Waals surface area contributed by atoms with Crippen LogP contribution in [0.1, 0.15) is 113 Å². The number of likely N-dealkylation sites (N-methyl/N-ethyl adjacent to an activating group) is 2. The second-order valence-electron chi connectivity index (χ2n) is 22.8. The van der Waals surface area contributed by atoms with Crippen LogP contribution in [-0.2, 0) is 46.2 Å². The van der Waals surface area contributed by atoms with Crippen LogP contribution in [-0.4, -0.2) is 192 Å². The fourth-order valence-corrected chi connectivity index (χ4v) is 11.5. The van der Waals surface area contributed by atoms with Crippen LogP contribution in [0.2, 0.25) is 0 Å². The molecular formula is C56H90N6O13. The van der Waals surface area contributed by atoms with E-state index in [1.54, 1.807) is 41.5 Å². The van der Waals surface area contributed by atoms with Gasteiger partial charge < -0.3 is 68.5 Å². The van der Waals surface area contributed by atoms with E-state index in [-0.39, 0.29) is 31.3 Å². The first kappa shape index (κ1) is 60.5. The van der Waals surface area contributed by atoms with Gasteiger partial charge in [0.15, 0.2) is 12.6 Å². The summed E-state index contributed by atoms with van der Waals surface area (Å²) in [5, 5.41) is 68.6. The number of ether oxygens (including phenoxy) is 7. The average Bonchev–Trinajstić information content (AvgIpc) is 3.83. The Morgan fingerprint density at radius 3 is 2.27 bits per heavy atom. The molecule has 6 rings (SSSR count). The highest BCUT2D eigenvalue weighted by Gasteiger charge is 2.53. The number of cyclic esters (lactones) is 1. The summed E-state index contributed by atoms with van der Waals surface area (Å²) >= 11 is 0. The van der Waals surface area contributed by atoms with Gasteiger partial charge in [0.05, 0.1) is 53.8 Å². The topological polar surface area (TPSA) is 233 Å². The average molecular weight is 1060 g/mol. The first-order valence-corrected chi connectivity index (χ1v) is 27.1. The number of hydrogen-bond acceptors (Lipinski definition) is 18. The highest BCUT2D eigenvalue weighted by molar-refractivity contribution is 5.73. The van der Waals surface area contributed by atoms with Crippen molar-refractivity contribution in [2.24, 2.45) is 17.8 Å². The number of pyridine rings is 1. The Morgan fingerprint density at radius 2 is 1.61 bits per heavy atom. The summed E-state index contributed by atoms with van der Waals surface area (Å²) in [5.41, 5.74) is -0.612. The van der Waals surface area contributed by atoms with E-state index in [1.807, 2.05) is 94.1 Å². The molecule has 3 saturated heterocycles. The number of rotatable bonds is 16. The lowest BCUT2D eigenvalue weighted by Crippen LogP contribution is -2.61. The molecule has 3 aromatic rings. The van der Waals surface area contributed by atoms with E-state index < -0.39 is 102 Å². The Bertz CT molecular complexity index is 2230. The van der Waals surface area contributed by atoms with Crippen molar-refractivity contribution in [3.8, 4) is 16.9 Å². The van der Waals surface area contributed by atoms with Crippen molar-refractivity contribution < 1.29 is 63.5 Å². The van der Waals surface area contributed by atoms with Crippen molar-refractivity contribution in [3.05, 3.63) is 60.2 Å². The van der Waals surface area contributed by atoms with Crippen molar-refractivity contribution in [2.45, 2.75) is 212 Å². The van der Waals surface area contributed by atoms with E-state index in [1.165, 1.54) is 14.0 Å². The number of esters is 1. The van der Waals surface area contributed by atoms with Gasteiger partial charge in [-0.3, -0.25) is 14.5 Å². The Labute approximate surface area is 445 Å². The Hall–Kier alpha value is -3.70. The molecule has 18 atom stereocenters. The summed E-state index contributed by atoms with van der Waals surface area (Å²) in [4.78, 5) is 22.9. The van der Waals surface area contributed by atoms with Crippen LogP contribution in [0.4, 0.5) is 0 Å². The normalized spacial score (nSPS) is 37.9. The second kappa shape index (κ2) is 25.8. The molecule has 0 saturated carbocycles. The molecule has 0 spiro atoms. The Balaban J connectivity index is 1.17. The van der Waals surface area contributed by atoms with Gasteiger partial charge >= 0.3 is 5.97 Å². The van der Waals surface area contributed by atoms with Crippen molar-refractivity contribution in [2.75, 3.05) is 40.9 Å². The molecule has 0 amide bonds. The molecule has 0 radical (unpaired) electrons. The summed E-state index contributed by atoms with van der Waals surface area (Å²) in [6, 6.07) is 11.1. The fraction of sp³-hybridized carbons (Fsp3) is 0.750. The molecule has 19 nitrogen and oxygen atoms in total. The predicted octanol–water partition coefficient (Wildman–Crippen LogP) is 4.94. The Kier molecular flexibility index (Phi) is 20.9. The zero-order valence-corrected chi connectivity index (χ0v) is 47.0. The number of aliphatic hydroxyl groups is 5. The molecule has 0 aliphatic carbocycles. The number of methoxy groups -OCH3 is 1. The second-order valence-corrected chi connectivity index (χ2v) is 22.8. The highest BCUT2D eigenvalue weighted by Crippen LogP contribution is 2.40. The lowest BCUT2D eigenvalue weighted by molar-refractivity contribution is -0.318. The van der Waals surface area contributed by atoms with E-state index in [0.29, 0.717) is 39.1 Å². The lowest BCUT2D eigenvalue weighted by Gasteiger charge is -2.49. The van der Waals surface area contributed by atoms with Crippen molar-refractivity contribution in [1.29, 1.82) is 0 Å². The van der Waals surface area contributed by atoms with Gasteiger partial charge in [0.25, 0.3) is 0 Å². The van der Waals surface area contributed by atoms with Gasteiger partial charge in [-0.25, -0.2) is 0 Å². The zero-order valence-electron chi connectivity index (χ0n) is 47.0. The van der Waals surface area contributed by atoms with Gasteiger partial charge in [0.1, 0.15) is 35.8 Å². The van der Waals surface area contributed by atoms with Crippen LogP contribution in [0, 0.1) is 24.7 Å². The quantitative estimate of drug-likeness (QED) is 0.0944. The highest BCUT2D eigenvalue weighted by atomic mass is 16.7. The third kappa shape index (κ3) is 14.9. The first-order chi connectivity index (χ1) is 35.3. The molecule has 5 N–H and O–H groups in total. The maximum Gasteiger partial charge on any atom is 0.311 e. The van der Waals surface area contributed by atoms with Gasteiger partial charge in [-0.15, -0.1) is 5.10 Å². The molecule has 3 fully saturated rings. The molecule has 0 unspecified atom stereocenters. The summed E-state index contributed by atoms with van der Waals surface area (Å²) in [6.07, 6.45) is -3.89. The van der Waals surface area contributed by atoms with Crippen LogP contribution < -0.4 is 4.74 Å². The number of nitrogens with zero attached hydrogens (tertiary/aromatic N) is 6. The molecule has 1 aromatic carbocycles. The predicted molar refractivity (Wildman–Crippen MR) is 281 cm³/mol. The third-order valence-electron chi connectivity index (χ3n) is 16.3. The third-order valence-corrected chi connectivity index (χ3v) is 16.3. The zero-order chi connectivity index (χ0) is 55.2. The molecule has 5 heterocycles. The van der Waals surface area contributed by atoms with Gasteiger partial charge in [-0.2, -0.15) is 0 Å². The SMILES string of the molecule is CC[C@H]1OC(=O)[C@H](C)[C@@H](O[C@H]2C[C@@](C)(OC)[C@@H](O)[C@H](C)O2)[C@H](C)[C@@H](O[C@@H]2O[C@H](C)C[C@H](N(C)CCc3cn(CCCOc4ccc(-c5ccc(C)nc5)cc4)nn3)[C@H]2O)[C@](C)(O)C[C@@H](C)CN(C)[C@H](C)[C@@H](O)[C@]1(C)O. The van der Waals surface area contributed by atoms with Crippen LogP contribution in [0.5, 0.6) is 5.75 Å². The van der Waals surface area contributed by atoms with Gasteiger partial charge in [-0.05, 0) is 118 Å². The number of hydrogen-bond donors (Lipinski definition) is 5. The van der Waals surface area contributed by atoms with E-state index in [9.17, 15) is 30.3 Å². The van der Waals surface area contributed by atoms with E-state index in [4.69, 9.17) is 33.2 Å². The van der Waals surface area contributed by atoms with Gasteiger partial charge in [-0.1, -0.05) is 44.2 Å². The van der Waals surface area contributed by atoms with Crippen molar-refractivity contribution in [1.82, 2.24) is 29.8 Å². The largest absolute Gasteiger partial charge is 0.494 e. The Morgan fingerprint density at radius 1 is 0.920 bits per heavy atom. The molecule has 75 heavy (non-hydrogen) atoms. The van der Waals surface area contributed by atoms with Crippen molar-refractivity contribution >= 4 is 5.97 Å². The minimum absolute atomic E-state index is 0.104. The number of carbonyl (C=O) groups excluding carboxylic acids is 1. The minimum atomic E-state index is -1.84. The smallest absolute Gasteiger partial charge is 0.311 e. The maximum atomic E-state index is 14.5. The molecule has 2 aromatic heterocycles. The summed E-state index contributed by atoms with van der Waals surface area (Å²) in [5.74, 6) is -1.98. The number of aromatic nitrogens is 4. The molecule has 3 aliphatic rings. The standard InChI is InChI=1S/C56H90N6O13/c1-15-45-56(11,68)49(64)38(7)61(13)31-33(2)28-54(9,67)51(36(5)48(37(6)52(66)73-45)74-46-29-55(10,69-14)50(65)39(8)72-46)75-53-47(63)44(27-35(4)71-53)60(12)25-23-42-32-62(59-58-42)24-16-26-70-43-21-19-40(20-22-43)41-18-17-34(3)57-30-41/h17-22,30,32-33,35-39,44-51,53,63-65,67-68H,15-16,23-29,31H2,1-14H3/t33-,35-,36+,37-,38-,39+,44+,45-,46+,47-,48+,49-,50+,51-,53+,54-,55-,56-/m1/s1. The van der Waals surface area contributed by atoms with Gasteiger partial charge in [0.2, 0.25) is 0 Å². The van der Waals surface area contributed by atoms with Gasteiger partial charge in [0, 0.05) is 87.7 Å². The summed E-state index contributed by atoms with van der Waals surface area (Å²) in [7, 11) is 5.30. The minimum Gasteiger partial charge on any atom is -0.494 e. The summed E-state index contributed by atoms with van der Waals surface area (Å²) in [6.45, 7) is 21.7. The maximum absolute atomic E-state index is 14.5. The molecule has 19 heteroatoms. The first-order valence-electron chi connectivity index (χ1n) is 27.1. The van der Waals surface area contributed by atoms with Crippen LogP contribution in [0.25, 0.3) is 11.1 Å². The number of benzene rings is 1. The molecule has 0 bridgehead atoms. The van der Waals surface area contributed by atoms with Crippen molar-refractivity contribution in [3.63, 3.8) is 0 Å².